The number of anilines is 1. The summed E-state index contributed by atoms with van der Waals surface area (Å²) in [6.07, 6.45) is 3.03. The number of benzene rings is 3. The van der Waals surface area contributed by atoms with Crippen LogP contribution in [0.15, 0.2) is 84.4 Å². The van der Waals surface area contributed by atoms with Crippen LogP contribution in [-0.4, -0.2) is 32.4 Å². The number of para-hydroxylation sites is 1. The van der Waals surface area contributed by atoms with Crippen molar-refractivity contribution in [3.63, 3.8) is 0 Å². The highest BCUT2D eigenvalue weighted by molar-refractivity contribution is 7.94. The molecule has 4 rings (SSSR count). The molecule has 3 aromatic rings. The third kappa shape index (κ3) is 4.92. The summed E-state index contributed by atoms with van der Waals surface area (Å²) in [5.41, 5.74) is -9.12. The Morgan fingerprint density at radius 2 is 1.77 bits per heavy atom. The van der Waals surface area contributed by atoms with E-state index in [2.05, 4.69) is 0 Å². The summed E-state index contributed by atoms with van der Waals surface area (Å²) in [5.74, 6) is 0.573. The number of hydrogen-bond acceptors (Lipinski definition) is 6. The first kappa shape index (κ1) is 27.6. The van der Waals surface area contributed by atoms with Crippen LogP contribution in [0, 0.1) is 11.3 Å². The van der Waals surface area contributed by atoms with Gasteiger partial charge in [0.25, 0.3) is 0 Å². The molecule has 1 aliphatic heterocycles. The van der Waals surface area contributed by atoms with Crippen molar-refractivity contribution in [1.29, 1.82) is 5.26 Å². The smallest absolute Gasteiger partial charge is 0.497 e. The van der Waals surface area contributed by atoms with E-state index >= 15 is 0 Å². The lowest BCUT2D eigenvalue weighted by atomic mass is 9.78. The second-order valence-corrected chi connectivity index (χ2v) is 10.3. The van der Waals surface area contributed by atoms with Crippen molar-refractivity contribution in [2.75, 3.05) is 11.4 Å². The van der Waals surface area contributed by atoms with E-state index in [4.69, 9.17) is 10.00 Å². The average Bonchev–Trinajstić information content (AvgIpc) is 2.92. The molecule has 0 saturated heterocycles. The average molecular weight is 555 g/mol. The highest BCUT2D eigenvalue weighted by Crippen LogP contribution is 2.51. The minimum Gasteiger partial charge on any atom is -0.497 e. The molecule has 0 bridgehead atoms. The molecule has 0 amide bonds. The van der Waals surface area contributed by atoms with Crippen LogP contribution in [0.25, 0.3) is 11.8 Å². The molecule has 0 aromatic heterocycles. The number of methoxy groups -OCH3 is 1. The number of nitrogens with zero attached hydrogens (tertiary/aromatic N) is 2. The second kappa shape index (κ2) is 10.4. The number of alkyl halides is 3. The van der Waals surface area contributed by atoms with Gasteiger partial charge in [0.15, 0.2) is 6.29 Å². The van der Waals surface area contributed by atoms with E-state index in [1.165, 1.54) is 55.7 Å². The van der Waals surface area contributed by atoms with Gasteiger partial charge in [0.1, 0.15) is 11.4 Å². The van der Waals surface area contributed by atoms with Crippen LogP contribution in [0.5, 0.6) is 5.75 Å². The van der Waals surface area contributed by atoms with Gasteiger partial charge < -0.3 is 9.84 Å². The molecular weight excluding hydrogens is 533 g/mol. The van der Waals surface area contributed by atoms with Crippen LogP contribution >= 0.6 is 0 Å². The zero-order valence-corrected chi connectivity index (χ0v) is 21.2. The fourth-order valence-electron chi connectivity index (χ4n) is 4.38. The van der Waals surface area contributed by atoms with Crippen LogP contribution in [0.3, 0.4) is 0 Å². The monoisotopic (exact) mass is 554 g/mol. The van der Waals surface area contributed by atoms with E-state index in [0.29, 0.717) is 11.3 Å². The van der Waals surface area contributed by atoms with Crippen molar-refractivity contribution in [1.82, 2.24) is 0 Å². The Bertz CT molecular complexity index is 1620. The van der Waals surface area contributed by atoms with Crippen molar-refractivity contribution < 1.29 is 36.2 Å². The Kier molecular flexibility index (Phi) is 7.37. The first-order chi connectivity index (χ1) is 18.5. The number of aliphatic hydroxyl groups is 1. The molecule has 1 N–H and O–H groups in total. The number of ether oxygens (including phenoxy) is 1. The third-order valence-corrected chi connectivity index (χ3v) is 7.67. The number of carbonyl (C=O) groups excluding carboxylic acids is 1. The van der Waals surface area contributed by atoms with Crippen LogP contribution in [0.2, 0.25) is 0 Å². The number of rotatable bonds is 7. The Morgan fingerprint density at radius 1 is 1.08 bits per heavy atom. The maximum absolute atomic E-state index is 13.9. The fraction of sp³-hybridized carbons (Fsp3) is 0.143. The maximum Gasteiger partial charge on any atom is 0.517 e. The molecule has 7 nitrogen and oxygen atoms in total. The zero-order valence-electron chi connectivity index (χ0n) is 20.4. The van der Waals surface area contributed by atoms with Crippen LogP contribution in [-0.2, 0) is 20.4 Å². The summed E-state index contributed by atoms with van der Waals surface area (Å²) >= 11 is 0. The Labute approximate surface area is 222 Å². The largest absolute Gasteiger partial charge is 0.517 e. The van der Waals surface area contributed by atoms with Gasteiger partial charge in [0.05, 0.1) is 35.7 Å². The van der Waals surface area contributed by atoms with Gasteiger partial charge in [-0.15, -0.1) is 0 Å². The predicted molar refractivity (Wildman–Crippen MR) is 139 cm³/mol. The van der Waals surface area contributed by atoms with Crippen molar-refractivity contribution in [3.8, 4) is 11.8 Å². The predicted octanol–water partition coefficient (Wildman–Crippen LogP) is 5.14. The summed E-state index contributed by atoms with van der Waals surface area (Å²) in [7, 11) is -4.58. The van der Waals surface area contributed by atoms with Gasteiger partial charge in [-0.1, -0.05) is 54.6 Å². The molecule has 0 aliphatic carbocycles. The van der Waals surface area contributed by atoms with Crippen LogP contribution in [0.4, 0.5) is 18.9 Å². The van der Waals surface area contributed by atoms with Crippen LogP contribution in [0.1, 0.15) is 28.7 Å². The number of carbonyl (C=O) groups is 1. The molecular formula is C28H21F3N2O5S. The number of halogens is 3. The molecule has 0 fully saturated rings. The van der Waals surface area contributed by atoms with Crippen molar-refractivity contribution in [3.05, 3.63) is 107 Å². The van der Waals surface area contributed by atoms with Gasteiger partial charge in [-0.3, -0.25) is 4.79 Å². The fourth-order valence-corrected chi connectivity index (χ4v) is 5.45. The topological polar surface area (TPSA) is 108 Å². The summed E-state index contributed by atoms with van der Waals surface area (Å²) in [5, 5.41) is 21.1. The highest BCUT2D eigenvalue weighted by Gasteiger charge is 2.56. The van der Waals surface area contributed by atoms with Gasteiger partial charge >= 0.3 is 15.5 Å². The lowest BCUT2D eigenvalue weighted by molar-refractivity contribution is -0.107. The van der Waals surface area contributed by atoms with Crippen molar-refractivity contribution in [2.45, 2.75) is 17.5 Å². The molecule has 0 saturated carbocycles. The SMILES string of the molecule is COc1cccc(/C=C/C[C@@]2(O)C(C=O)=C(c3ccc(C#N)cc3)N(S(=O)(=O)C(F)(F)F)c3ccccc32)c1. The van der Waals surface area contributed by atoms with E-state index in [1.807, 2.05) is 6.07 Å². The van der Waals surface area contributed by atoms with E-state index < -0.39 is 38.1 Å². The maximum atomic E-state index is 13.9. The molecule has 3 aromatic carbocycles. The number of aldehydes is 1. The lowest BCUT2D eigenvalue weighted by Gasteiger charge is -2.41. The lowest BCUT2D eigenvalue weighted by Crippen LogP contribution is -2.46. The van der Waals surface area contributed by atoms with E-state index in [1.54, 1.807) is 30.3 Å². The quantitative estimate of drug-likeness (QED) is 0.406. The van der Waals surface area contributed by atoms with Gasteiger partial charge in [-0.25, -0.2) is 4.31 Å². The Morgan fingerprint density at radius 3 is 2.38 bits per heavy atom. The molecule has 0 unspecified atom stereocenters. The molecule has 0 spiro atoms. The third-order valence-electron chi connectivity index (χ3n) is 6.23. The van der Waals surface area contributed by atoms with Crippen molar-refractivity contribution >= 4 is 33.8 Å². The summed E-state index contributed by atoms with van der Waals surface area (Å²) in [4.78, 5) is 12.5. The first-order valence-electron chi connectivity index (χ1n) is 11.4. The Hall–Kier alpha value is -4.40. The second-order valence-electron chi connectivity index (χ2n) is 8.55. The number of hydrogen-bond donors (Lipinski definition) is 1. The van der Waals surface area contributed by atoms with E-state index in [9.17, 15) is 31.5 Å². The summed E-state index contributed by atoms with van der Waals surface area (Å²) in [6, 6.07) is 18.9. The van der Waals surface area contributed by atoms with Crippen LogP contribution < -0.4 is 9.04 Å². The van der Waals surface area contributed by atoms with E-state index in [-0.39, 0.29) is 33.7 Å². The van der Waals surface area contributed by atoms with Gasteiger partial charge in [0, 0.05) is 12.0 Å². The van der Waals surface area contributed by atoms with Gasteiger partial charge in [0.2, 0.25) is 0 Å². The number of nitriles is 1. The van der Waals surface area contributed by atoms with Gasteiger partial charge in [-0.05, 0) is 41.5 Å². The Balaban J connectivity index is 1.98. The van der Waals surface area contributed by atoms with Gasteiger partial charge in [-0.2, -0.15) is 26.9 Å². The standard InChI is InChI=1S/C28H21F3N2O5S/c1-38-22-8-4-6-19(16-22)7-5-15-27(35)23-9-2-3-10-25(23)33(39(36,37)28(29,30)31)26(24(27)18-34)21-13-11-20(17-32)12-14-21/h2-14,16,18,35H,15H2,1H3/b7-5+/t27-/m0/s1. The highest BCUT2D eigenvalue weighted by atomic mass is 32.2. The molecule has 39 heavy (non-hydrogen) atoms. The first-order valence-corrected chi connectivity index (χ1v) is 12.9. The molecule has 11 heteroatoms. The zero-order chi connectivity index (χ0) is 28.4. The summed E-state index contributed by atoms with van der Waals surface area (Å²) < 4.78 is 72.8. The summed E-state index contributed by atoms with van der Waals surface area (Å²) in [6.45, 7) is 0. The number of fused-ring (bicyclic) bond motifs is 1. The number of sulfonamides is 1. The molecule has 0 radical (unpaired) electrons. The normalized spacial score (nSPS) is 17.6. The van der Waals surface area contributed by atoms with Crippen molar-refractivity contribution in [2.24, 2.45) is 0 Å². The van der Waals surface area contributed by atoms with E-state index in [0.717, 1.165) is 6.07 Å². The minimum atomic E-state index is -6.08. The minimum absolute atomic E-state index is 0.0354. The molecule has 1 heterocycles. The molecule has 1 atom stereocenters. The molecule has 200 valence electrons. The molecule has 1 aliphatic rings.